The van der Waals surface area contributed by atoms with Crippen LogP contribution in [0, 0.1) is 11.3 Å². The number of rotatable bonds is 2. The van der Waals surface area contributed by atoms with Gasteiger partial charge in [0.05, 0.1) is 18.4 Å². The van der Waals surface area contributed by atoms with Crippen molar-refractivity contribution in [3.05, 3.63) is 12.7 Å². The van der Waals surface area contributed by atoms with Crippen molar-refractivity contribution < 1.29 is 0 Å². The van der Waals surface area contributed by atoms with Crippen LogP contribution < -0.4 is 4.90 Å². The summed E-state index contributed by atoms with van der Waals surface area (Å²) in [6.07, 6.45) is 3.18. The Kier molecular flexibility index (Phi) is 3.01. The van der Waals surface area contributed by atoms with E-state index in [9.17, 15) is 0 Å². The molecule has 98 valence electrons. The number of nitrogens with one attached hydrogen (secondary N) is 1. The highest BCUT2D eigenvalue weighted by Crippen LogP contribution is 2.21. The molecule has 0 radical (unpaired) electrons. The van der Waals surface area contributed by atoms with Crippen molar-refractivity contribution in [2.24, 2.45) is 0 Å². The maximum absolute atomic E-state index is 8.94. The van der Waals surface area contributed by atoms with E-state index in [4.69, 9.17) is 5.26 Å². The number of piperazine rings is 1. The highest BCUT2D eigenvalue weighted by molar-refractivity contribution is 5.82. The number of H-pyrrole nitrogens is 1. The van der Waals surface area contributed by atoms with Gasteiger partial charge in [0.1, 0.15) is 11.8 Å². The zero-order valence-corrected chi connectivity index (χ0v) is 10.7. The molecule has 1 fully saturated rings. The van der Waals surface area contributed by atoms with Crippen molar-refractivity contribution in [2.45, 2.75) is 13.0 Å². The van der Waals surface area contributed by atoms with Crippen LogP contribution in [0.25, 0.3) is 11.2 Å². The van der Waals surface area contributed by atoms with Crippen molar-refractivity contribution in [3.8, 4) is 6.07 Å². The molecule has 0 aromatic carbocycles. The second kappa shape index (κ2) is 4.82. The lowest BCUT2D eigenvalue weighted by Gasteiger charge is -2.36. The lowest BCUT2D eigenvalue weighted by molar-refractivity contribution is 0.231. The van der Waals surface area contributed by atoms with Crippen LogP contribution in [0.3, 0.4) is 0 Å². The number of aromatic amines is 1. The van der Waals surface area contributed by atoms with Crippen molar-refractivity contribution in [3.63, 3.8) is 0 Å². The Morgan fingerprint density at radius 1 is 1.26 bits per heavy atom. The number of imidazole rings is 1. The Hall–Kier alpha value is -2.20. The minimum Gasteiger partial charge on any atom is -0.352 e. The van der Waals surface area contributed by atoms with Crippen LogP contribution in [0.2, 0.25) is 0 Å². The number of hydrogen-bond acceptors (Lipinski definition) is 6. The third kappa shape index (κ3) is 2.11. The average Bonchev–Trinajstić information content (AvgIpc) is 2.95. The van der Waals surface area contributed by atoms with E-state index in [1.807, 2.05) is 6.92 Å². The SMILES string of the molecule is CC(C#N)N1CCN(c2ncnc3nc[nH]c23)CC1. The summed E-state index contributed by atoms with van der Waals surface area (Å²) in [5.74, 6) is 0.895. The molecule has 0 bridgehead atoms. The Balaban J connectivity index is 1.79. The van der Waals surface area contributed by atoms with Crippen molar-refractivity contribution in [1.82, 2.24) is 24.8 Å². The molecule has 0 saturated carbocycles. The van der Waals surface area contributed by atoms with Gasteiger partial charge in [-0.15, -0.1) is 0 Å². The third-order valence-corrected chi connectivity index (χ3v) is 3.55. The van der Waals surface area contributed by atoms with Crippen LogP contribution in [-0.2, 0) is 0 Å². The van der Waals surface area contributed by atoms with E-state index in [0.717, 1.165) is 37.5 Å². The van der Waals surface area contributed by atoms with Crippen LogP contribution in [0.4, 0.5) is 5.82 Å². The van der Waals surface area contributed by atoms with Crippen molar-refractivity contribution >= 4 is 17.0 Å². The zero-order chi connectivity index (χ0) is 13.2. The molecule has 0 aliphatic carbocycles. The van der Waals surface area contributed by atoms with Gasteiger partial charge in [0, 0.05) is 26.2 Å². The molecule has 0 spiro atoms. The molecule has 7 heteroatoms. The van der Waals surface area contributed by atoms with E-state index in [2.05, 4.69) is 35.8 Å². The molecular weight excluding hydrogens is 242 g/mol. The van der Waals surface area contributed by atoms with Gasteiger partial charge in [-0.05, 0) is 6.92 Å². The van der Waals surface area contributed by atoms with Crippen molar-refractivity contribution in [1.29, 1.82) is 5.26 Å². The molecule has 2 aromatic heterocycles. The van der Waals surface area contributed by atoms with Gasteiger partial charge in [-0.1, -0.05) is 0 Å². The van der Waals surface area contributed by atoms with E-state index >= 15 is 0 Å². The lowest BCUT2D eigenvalue weighted by Crippen LogP contribution is -2.49. The molecule has 1 saturated heterocycles. The Morgan fingerprint density at radius 3 is 2.79 bits per heavy atom. The molecular formula is C12H15N7. The van der Waals surface area contributed by atoms with Crippen LogP contribution in [-0.4, -0.2) is 57.1 Å². The van der Waals surface area contributed by atoms with E-state index in [1.54, 1.807) is 12.7 Å². The van der Waals surface area contributed by atoms with Crippen LogP contribution in [0.1, 0.15) is 6.92 Å². The highest BCUT2D eigenvalue weighted by atomic mass is 15.3. The fourth-order valence-corrected chi connectivity index (χ4v) is 2.39. The fraction of sp³-hybridized carbons (Fsp3) is 0.500. The first-order chi connectivity index (χ1) is 9.29. The molecule has 1 N–H and O–H groups in total. The summed E-state index contributed by atoms with van der Waals surface area (Å²) >= 11 is 0. The summed E-state index contributed by atoms with van der Waals surface area (Å²) in [7, 11) is 0. The second-order valence-corrected chi connectivity index (χ2v) is 4.63. The molecule has 3 heterocycles. The predicted molar refractivity (Wildman–Crippen MR) is 70.5 cm³/mol. The predicted octanol–water partition coefficient (Wildman–Crippen LogP) is 0.387. The topological polar surface area (TPSA) is 84.7 Å². The van der Waals surface area contributed by atoms with Crippen LogP contribution in [0.15, 0.2) is 12.7 Å². The fourth-order valence-electron chi connectivity index (χ4n) is 2.39. The quantitative estimate of drug-likeness (QED) is 0.837. The maximum atomic E-state index is 8.94. The normalized spacial score (nSPS) is 18.4. The standard InChI is InChI=1S/C12H15N7/c1-9(6-13)18-2-4-19(5-3-18)12-10-11(15-7-14-10)16-8-17-12/h7-9H,2-5H2,1H3,(H,14,15,16,17). The van der Waals surface area contributed by atoms with Gasteiger partial charge in [-0.2, -0.15) is 5.26 Å². The first-order valence-electron chi connectivity index (χ1n) is 6.32. The minimum absolute atomic E-state index is 0.0280. The van der Waals surface area contributed by atoms with Gasteiger partial charge in [-0.25, -0.2) is 15.0 Å². The Morgan fingerprint density at radius 2 is 2.05 bits per heavy atom. The second-order valence-electron chi connectivity index (χ2n) is 4.63. The summed E-state index contributed by atoms with van der Waals surface area (Å²) in [4.78, 5) is 20.1. The largest absolute Gasteiger partial charge is 0.352 e. The number of aromatic nitrogens is 4. The van der Waals surface area contributed by atoms with Crippen molar-refractivity contribution in [2.75, 3.05) is 31.1 Å². The zero-order valence-electron chi connectivity index (χ0n) is 10.7. The monoisotopic (exact) mass is 257 g/mol. The summed E-state index contributed by atoms with van der Waals surface area (Å²) in [6, 6.07) is 2.25. The Bertz CT molecular complexity index is 606. The maximum Gasteiger partial charge on any atom is 0.182 e. The summed E-state index contributed by atoms with van der Waals surface area (Å²) < 4.78 is 0. The number of fused-ring (bicyclic) bond motifs is 1. The summed E-state index contributed by atoms with van der Waals surface area (Å²) in [6.45, 7) is 5.39. The van der Waals surface area contributed by atoms with Gasteiger partial charge < -0.3 is 9.88 Å². The molecule has 2 aromatic rings. The van der Waals surface area contributed by atoms with E-state index in [0.29, 0.717) is 5.65 Å². The minimum atomic E-state index is -0.0280. The van der Waals surface area contributed by atoms with Gasteiger partial charge in [0.15, 0.2) is 11.5 Å². The number of anilines is 1. The highest BCUT2D eigenvalue weighted by Gasteiger charge is 2.23. The molecule has 1 aliphatic heterocycles. The lowest BCUT2D eigenvalue weighted by atomic mass is 10.2. The summed E-state index contributed by atoms with van der Waals surface area (Å²) in [5.41, 5.74) is 1.57. The Labute approximate surface area is 110 Å². The molecule has 7 nitrogen and oxygen atoms in total. The number of nitrogens with zero attached hydrogens (tertiary/aromatic N) is 6. The molecule has 19 heavy (non-hydrogen) atoms. The number of hydrogen-bond donors (Lipinski definition) is 1. The molecule has 0 amide bonds. The molecule has 1 unspecified atom stereocenters. The van der Waals surface area contributed by atoms with Gasteiger partial charge in [0.2, 0.25) is 0 Å². The van der Waals surface area contributed by atoms with Crippen LogP contribution in [0.5, 0.6) is 0 Å². The van der Waals surface area contributed by atoms with Gasteiger partial charge >= 0.3 is 0 Å². The van der Waals surface area contributed by atoms with E-state index in [-0.39, 0.29) is 6.04 Å². The molecule has 1 aliphatic rings. The number of nitriles is 1. The molecule has 3 rings (SSSR count). The third-order valence-electron chi connectivity index (χ3n) is 3.55. The van der Waals surface area contributed by atoms with E-state index in [1.165, 1.54) is 0 Å². The first kappa shape index (κ1) is 11.9. The van der Waals surface area contributed by atoms with E-state index < -0.39 is 0 Å². The smallest absolute Gasteiger partial charge is 0.182 e. The average molecular weight is 257 g/mol. The van der Waals surface area contributed by atoms with Gasteiger partial charge in [-0.3, -0.25) is 4.90 Å². The first-order valence-corrected chi connectivity index (χ1v) is 6.32. The summed E-state index contributed by atoms with van der Waals surface area (Å²) in [5, 5.41) is 8.94. The van der Waals surface area contributed by atoms with Crippen LogP contribution >= 0.6 is 0 Å². The molecule has 1 atom stereocenters. The van der Waals surface area contributed by atoms with Gasteiger partial charge in [0.25, 0.3) is 0 Å².